The van der Waals surface area contributed by atoms with Crippen LogP contribution < -0.4 is 10.1 Å². The van der Waals surface area contributed by atoms with E-state index in [-0.39, 0.29) is 22.5 Å². The Morgan fingerprint density at radius 1 is 1.16 bits per heavy atom. The lowest BCUT2D eigenvalue weighted by Crippen LogP contribution is -2.25. The van der Waals surface area contributed by atoms with E-state index in [2.05, 4.69) is 20.4 Å². The first-order valence-corrected chi connectivity index (χ1v) is 14.1. The molecule has 3 aromatic rings. The fourth-order valence-electron chi connectivity index (χ4n) is 3.82. The Morgan fingerprint density at radius 3 is 2.62 bits per heavy atom. The highest BCUT2D eigenvalue weighted by Gasteiger charge is 2.26. The van der Waals surface area contributed by atoms with Crippen LogP contribution in [0.4, 0.5) is 5.13 Å². The molecule has 0 saturated heterocycles. The van der Waals surface area contributed by atoms with Gasteiger partial charge in [-0.05, 0) is 37.5 Å². The number of rotatable bonds is 11. The molecule has 1 aliphatic rings. The lowest BCUT2D eigenvalue weighted by atomic mass is 10.1. The normalized spacial score (nSPS) is 18.2. The lowest BCUT2D eigenvalue weighted by Gasteiger charge is -2.11. The van der Waals surface area contributed by atoms with Crippen molar-refractivity contribution >= 4 is 48.3 Å². The SMILES string of the molecule is COCCCS(=O)(=O)c1ccc(/C(=N\O[C@@H]2CC[C@@H](O)C2)C(=O)Nc2nc3ccc(OC)nc3s2)cc1. The van der Waals surface area contributed by atoms with Crippen molar-refractivity contribution in [3.63, 3.8) is 0 Å². The first-order chi connectivity index (χ1) is 17.8. The highest BCUT2D eigenvalue weighted by Crippen LogP contribution is 2.27. The molecule has 1 saturated carbocycles. The van der Waals surface area contributed by atoms with E-state index in [9.17, 15) is 18.3 Å². The monoisotopic (exact) mass is 548 g/mol. The van der Waals surface area contributed by atoms with Gasteiger partial charge in [0.05, 0.1) is 23.9 Å². The molecule has 37 heavy (non-hydrogen) atoms. The number of nitrogens with one attached hydrogen (secondary N) is 1. The molecule has 13 heteroatoms. The van der Waals surface area contributed by atoms with Crippen molar-refractivity contribution in [3.8, 4) is 5.88 Å². The summed E-state index contributed by atoms with van der Waals surface area (Å²) >= 11 is 1.17. The summed E-state index contributed by atoms with van der Waals surface area (Å²) < 4.78 is 35.3. The number of oxime groups is 1. The Kier molecular flexibility index (Phi) is 8.69. The molecular formula is C24H28N4O7S2. The van der Waals surface area contributed by atoms with Gasteiger partial charge in [-0.2, -0.15) is 0 Å². The van der Waals surface area contributed by atoms with E-state index in [1.807, 2.05) is 0 Å². The summed E-state index contributed by atoms with van der Waals surface area (Å²) in [5, 5.41) is 16.9. The second-order valence-corrected chi connectivity index (χ2v) is 11.6. The van der Waals surface area contributed by atoms with Gasteiger partial charge >= 0.3 is 0 Å². The largest absolute Gasteiger partial charge is 0.481 e. The molecule has 1 aromatic carbocycles. The van der Waals surface area contributed by atoms with Crippen LogP contribution in [0.15, 0.2) is 46.4 Å². The molecule has 2 heterocycles. The van der Waals surface area contributed by atoms with Gasteiger partial charge in [0.2, 0.25) is 5.88 Å². The summed E-state index contributed by atoms with van der Waals surface area (Å²) in [4.78, 5) is 28.3. The molecular weight excluding hydrogens is 520 g/mol. The molecule has 198 valence electrons. The molecule has 0 spiro atoms. The first-order valence-electron chi connectivity index (χ1n) is 11.7. The number of ether oxygens (including phenoxy) is 2. The van der Waals surface area contributed by atoms with Crippen LogP contribution in [0.1, 0.15) is 31.2 Å². The number of nitrogens with zero attached hydrogens (tertiary/aromatic N) is 3. The summed E-state index contributed by atoms with van der Waals surface area (Å²) in [7, 11) is -0.470. The molecule has 4 rings (SSSR count). The summed E-state index contributed by atoms with van der Waals surface area (Å²) in [6.45, 7) is 0.343. The van der Waals surface area contributed by atoms with Gasteiger partial charge in [0.1, 0.15) is 16.5 Å². The maximum atomic E-state index is 13.3. The number of pyridine rings is 1. The molecule has 2 aromatic heterocycles. The Labute approximate surface area is 218 Å². The molecule has 0 aliphatic heterocycles. The van der Waals surface area contributed by atoms with Gasteiger partial charge in [0, 0.05) is 31.8 Å². The Balaban J connectivity index is 1.57. The standard InChI is InChI=1S/C24H28N4O7S2/c1-33-12-3-13-37(31,32)18-8-4-15(5-9-18)21(28-35-17-7-6-16(29)14-17)22(30)27-24-25-19-10-11-20(34-2)26-23(19)36-24/h4-5,8-11,16-17,29H,3,6-7,12-14H2,1-2H3,(H,25,27,30)/b28-21+/t16-,17-/m1/s1. The van der Waals surface area contributed by atoms with Crippen molar-refractivity contribution in [2.75, 3.05) is 31.9 Å². The van der Waals surface area contributed by atoms with Crippen LogP contribution in [0.25, 0.3) is 10.3 Å². The van der Waals surface area contributed by atoms with E-state index in [1.165, 1.54) is 49.8 Å². The van der Waals surface area contributed by atoms with E-state index in [1.54, 1.807) is 12.1 Å². The van der Waals surface area contributed by atoms with Crippen LogP contribution in [0.3, 0.4) is 0 Å². The summed E-state index contributed by atoms with van der Waals surface area (Å²) in [5.74, 6) is -0.202. The summed E-state index contributed by atoms with van der Waals surface area (Å²) in [6.07, 6.45) is 1.22. The van der Waals surface area contributed by atoms with Crippen molar-refractivity contribution in [1.29, 1.82) is 0 Å². The van der Waals surface area contributed by atoms with E-state index in [0.29, 0.717) is 59.2 Å². The van der Waals surface area contributed by atoms with E-state index >= 15 is 0 Å². The van der Waals surface area contributed by atoms with Crippen molar-refractivity contribution < 1.29 is 32.6 Å². The van der Waals surface area contributed by atoms with Gasteiger partial charge in [-0.3, -0.25) is 10.1 Å². The molecule has 2 N–H and O–H groups in total. The molecule has 2 atom stereocenters. The number of thiazole rings is 1. The maximum Gasteiger partial charge on any atom is 0.280 e. The number of hydrogen-bond acceptors (Lipinski definition) is 11. The number of amides is 1. The third-order valence-corrected chi connectivity index (χ3v) is 8.47. The average molecular weight is 549 g/mol. The molecule has 1 fully saturated rings. The average Bonchev–Trinajstić information content (AvgIpc) is 3.49. The molecule has 1 amide bonds. The zero-order valence-electron chi connectivity index (χ0n) is 20.4. The van der Waals surface area contributed by atoms with Gasteiger partial charge in [-0.15, -0.1) is 0 Å². The number of methoxy groups -OCH3 is 2. The quantitative estimate of drug-likeness (QED) is 0.209. The Bertz CT molecular complexity index is 1370. The second kappa shape index (κ2) is 11.9. The van der Waals surface area contributed by atoms with Crippen molar-refractivity contribution in [3.05, 3.63) is 42.0 Å². The van der Waals surface area contributed by atoms with Crippen LogP contribution in [0.2, 0.25) is 0 Å². The third-order valence-electron chi connectivity index (χ3n) is 5.77. The van der Waals surface area contributed by atoms with Gasteiger partial charge in [-0.25, -0.2) is 18.4 Å². The molecule has 0 radical (unpaired) electrons. The summed E-state index contributed by atoms with van der Waals surface area (Å²) in [5.41, 5.74) is 0.918. The van der Waals surface area contributed by atoms with Gasteiger partial charge in [0.25, 0.3) is 5.91 Å². The van der Waals surface area contributed by atoms with Crippen molar-refractivity contribution in [2.45, 2.75) is 42.8 Å². The highest BCUT2D eigenvalue weighted by atomic mass is 32.2. The predicted octanol–water partition coefficient (Wildman–Crippen LogP) is 2.78. The number of aliphatic hydroxyl groups excluding tert-OH is 1. The fourth-order valence-corrected chi connectivity index (χ4v) is 5.93. The van der Waals surface area contributed by atoms with Crippen LogP contribution >= 0.6 is 11.3 Å². The number of fused-ring (bicyclic) bond motifs is 1. The zero-order valence-corrected chi connectivity index (χ0v) is 22.0. The smallest absolute Gasteiger partial charge is 0.280 e. The van der Waals surface area contributed by atoms with E-state index in [0.717, 1.165) is 0 Å². The minimum Gasteiger partial charge on any atom is -0.481 e. The number of anilines is 1. The topological polar surface area (TPSA) is 149 Å². The highest BCUT2D eigenvalue weighted by molar-refractivity contribution is 7.91. The fraction of sp³-hybridized carbons (Fsp3) is 0.417. The number of sulfone groups is 1. The van der Waals surface area contributed by atoms with Crippen LogP contribution in [0, 0.1) is 0 Å². The first kappa shape index (κ1) is 26.9. The van der Waals surface area contributed by atoms with Crippen molar-refractivity contribution in [2.24, 2.45) is 5.16 Å². The minimum absolute atomic E-state index is 0.0467. The van der Waals surface area contributed by atoms with Gasteiger partial charge < -0.3 is 19.4 Å². The van der Waals surface area contributed by atoms with Crippen LogP contribution in [-0.2, 0) is 24.2 Å². The minimum atomic E-state index is -3.50. The number of aliphatic hydroxyl groups is 1. The second-order valence-electron chi connectivity index (χ2n) is 8.47. The Hall–Kier alpha value is -3.13. The Morgan fingerprint density at radius 2 is 1.95 bits per heavy atom. The molecule has 11 nitrogen and oxygen atoms in total. The predicted molar refractivity (Wildman–Crippen MR) is 139 cm³/mol. The molecule has 1 aliphatic carbocycles. The number of carbonyl (C=O) groups is 1. The third kappa shape index (κ3) is 6.80. The molecule has 0 bridgehead atoms. The number of aromatic nitrogens is 2. The zero-order chi connectivity index (χ0) is 26.4. The van der Waals surface area contributed by atoms with Gasteiger partial charge in [0.15, 0.2) is 20.7 Å². The van der Waals surface area contributed by atoms with E-state index in [4.69, 9.17) is 14.3 Å². The number of carbonyl (C=O) groups excluding carboxylic acids is 1. The van der Waals surface area contributed by atoms with Crippen molar-refractivity contribution in [1.82, 2.24) is 9.97 Å². The van der Waals surface area contributed by atoms with Crippen LogP contribution in [0.5, 0.6) is 5.88 Å². The molecule has 0 unspecified atom stereocenters. The maximum absolute atomic E-state index is 13.3. The summed E-state index contributed by atoms with van der Waals surface area (Å²) in [6, 6.07) is 9.32. The van der Waals surface area contributed by atoms with Crippen LogP contribution in [-0.4, -0.2) is 73.9 Å². The van der Waals surface area contributed by atoms with Gasteiger partial charge in [-0.1, -0.05) is 28.6 Å². The van der Waals surface area contributed by atoms with E-state index < -0.39 is 21.8 Å². The number of benzene rings is 1. The lowest BCUT2D eigenvalue weighted by molar-refractivity contribution is -0.110. The number of hydrogen-bond donors (Lipinski definition) is 2.